The van der Waals surface area contributed by atoms with Crippen LogP contribution in [0.1, 0.15) is 35.2 Å². The lowest BCUT2D eigenvalue weighted by Crippen LogP contribution is -2.12. The predicted octanol–water partition coefficient (Wildman–Crippen LogP) is 3.39. The molecule has 1 aliphatic rings. The number of hydrogen-bond donors (Lipinski definition) is 2. The lowest BCUT2D eigenvalue weighted by Gasteiger charge is -2.19. The van der Waals surface area contributed by atoms with Crippen LogP contribution in [0.3, 0.4) is 0 Å². The standard InChI is InChI=1S/C17H21N3O/c1-10-8-12(9-11(2)15(10)21)16-19-14-7-5-4-6-13(14)17(18-3)20-16/h8-9,21H,4-7H2,1-3H3,(H,18,19,20). The number of aromatic nitrogens is 2. The minimum absolute atomic E-state index is 0.352. The number of phenols is 1. The molecule has 0 atom stereocenters. The van der Waals surface area contributed by atoms with Crippen LogP contribution in [0.15, 0.2) is 12.1 Å². The van der Waals surface area contributed by atoms with Gasteiger partial charge in [0.05, 0.1) is 0 Å². The summed E-state index contributed by atoms with van der Waals surface area (Å²) in [5.41, 5.74) is 5.11. The van der Waals surface area contributed by atoms with E-state index < -0.39 is 0 Å². The molecule has 0 fully saturated rings. The van der Waals surface area contributed by atoms with E-state index in [2.05, 4.69) is 10.3 Å². The van der Waals surface area contributed by atoms with Crippen molar-refractivity contribution in [1.29, 1.82) is 0 Å². The molecule has 0 bridgehead atoms. The van der Waals surface area contributed by atoms with Crippen LogP contribution in [0.5, 0.6) is 5.75 Å². The molecule has 0 saturated carbocycles. The van der Waals surface area contributed by atoms with Crippen molar-refractivity contribution in [2.75, 3.05) is 12.4 Å². The Bertz CT molecular complexity index is 654. The maximum Gasteiger partial charge on any atom is 0.161 e. The van der Waals surface area contributed by atoms with E-state index in [4.69, 9.17) is 4.98 Å². The zero-order chi connectivity index (χ0) is 15.0. The highest BCUT2D eigenvalue weighted by atomic mass is 16.3. The number of nitrogens with one attached hydrogen (secondary N) is 1. The number of nitrogens with zero attached hydrogens (tertiary/aromatic N) is 2. The Balaban J connectivity index is 2.15. The molecule has 0 saturated heterocycles. The summed E-state index contributed by atoms with van der Waals surface area (Å²) in [5.74, 6) is 2.04. The highest BCUT2D eigenvalue weighted by Gasteiger charge is 2.18. The van der Waals surface area contributed by atoms with Crippen LogP contribution in [0.2, 0.25) is 0 Å². The molecule has 1 aromatic carbocycles. The molecule has 1 aromatic heterocycles. The molecule has 4 heteroatoms. The number of hydrogen-bond acceptors (Lipinski definition) is 4. The number of phenolic OH excluding ortho intramolecular Hbond substituents is 1. The zero-order valence-corrected chi connectivity index (χ0v) is 12.8. The van der Waals surface area contributed by atoms with Gasteiger partial charge in [-0.25, -0.2) is 9.97 Å². The first kappa shape index (κ1) is 13.9. The third-order valence-corrected chi connectivity index (χ3v) is 4.17. The minimum atomic E-state index is 0.352. The Hall–Kier alpha value is -2.10. The van der Waals surface area contributed by atoms with Gasteiger partial charge >= 0.3 is 0 Å². The van der Waals surface area contributed by atoms with Gasteiger partial charge in [0.25, 0.3) is 0 Å². The fraction of sp³-hybridized carbons (Fsp3) is 0.412. The second kappa shape index (κ2) is 5.35. The largest absolute Gasteiger partial charge is 0.507 e. The third-order valence-electron chi connectivity index (χ3n) is 4.17. The van der Waals surface area contributed by atoms with Gasteiger partial charge in [-0.15, -0.1) is 0 Å². The van der Waals surface area contributed by atoms with Crippen molar-refractivity contribution >= 4 is 5.82 Å². The molecule has 21 heavy (non-hydrogen) atoms. The van der Waals surface area contributed by atoms with E-state index in [0.29, 0.717) is 5.75 Å². The zero-order valence-electron chi connectivity index (χ0n) is 12.8. The molecule has 110 valence electrons. The van der Waals surface area contributed by atoms with E-state index in [-0.39, 0.29) is 0 Å². The van der Waals surface area contributed by atoms with E-state index in [1.54, 1.807) is 0 Å². The van der Waals surface area contributed by atoms with Crippen molar-refractivity contribution in [2.24, 2.45) is 0 Å². The van der Waals surface area contributed by atoms with Crippen LogP contribution >= 0.6 is 0 Å². The van der Waals surface area contributed by atoms with E-state index in [9.17, 15) is 5.11 Å². The van der Waals surface area contributed by atoms with E-state index in [1.165, 1.54) is 24.1 Å². The van der Waals surface area contributed by atoms with Crippen LogP contribution in [0, 0.1) is 13.8 Å². The van der Waals surface area contributed by atoms with E-state index in [1.807, 2.05) is 33.0 Å². The van der Waals surface area contributed by atoms with Crippen molar-refractivity contribution in [3.8, 4) is 17.1 Å². The maximum absolute atomic E-state index is 9.92. The molecule has 4 nitrogen and oxygen atoms in total. The molecule has 0 radical (unpaired) electrons. The van der Waals surface area contributed by atoms with E-state index >= 15 is 0 Å². The van der Waals surface area contributed by atoms with Gasteiger partial charge in [0.1, 0.15) is 11.6 Å². The lowest BCUT2D eigenvalue weighted by molar-refractivity contribution is 0.467. The fourth-order valence-corrected chi connectivity index (χ4v) is 3.01. The molecule has 1 aliphatic carbocycles. The smallest absolute Gasteiger partial charge is 0.161 e. The number of benzene rings is 1. The first-order chi connectivity index (χ1) is 10.1. The van der Waals surface area contributed by atoms with Crippen molar-refractivity contribution in [1.82, 2.24) is 9.97 Å². The highest BCUT2D eigenvalue weighted by molar-refractivity contribution is 5.64. The quantitative estimate of drug-likeness (QED) is 0.887. The first-order valence-electron chi connectivity index (χ1n) is 7.48. The van der Waals surface area contributed by atoms with Crippen LogP contribution in [-0.2, 0) is 12.8 Å². The average Bonchev–Trinajstić information content (AvgIpc) is 2.51. The summed E-state index contributed by atoms with van der Waals surface area (Å²) >= 11 is 0. The van der Waals surface area contributed by atoms with Crippen LogP contribution < -0.4 is 5.32 Å². The van der Waals surface area contributed by atoms with Gasteiger partial charge in [-0.2, -0.15) is 0 Å². The van der Waals surface area contributed by atoms with Crippen molar-refractivity contribution < 1.29 is 5.11 Å². The van der Waals surface area contributed by atoms with Gasteiger partial charge in [-0.05, 0) is 62.8 Å². The molecule has 0 unspecified atom stereocenters. The Labute approximate surface area is 125 Å². The van der Waals surface area contributed by atoms with Gasteiger partial charge < -0.3 is 10.4 Å². The molecular weight excluding hydrogens is 262 g/mol. The molecule has 1 heterocycles. The van der Waals surface area contributed by atoms with Gasteiger partial charge in [0, 0.05) is 23.9 Å². The monoisotopic (exact) mass is 283 g/mol. The van der Waals surface area contributed by atoms with Crippen molar-refractivity contribution in [3.63, 3.8) is 0 Å². The number of aromatic hydroxyl groups is 1. The molecule has 2 aromatic rings. The van der Waals surface area contributed by atoms with Gasteiger partial charge in [-0.1, -0.05) is 0 Å². The maximum atomic E-state index is 9.92. The van der Waals surface area contributed by atoms with Crippen LogP contribution in [0.25, 0.3) is 11.4 Å². The van der Waals surface area contributed by atoms with E-state index in [0.717, 1.165) is 41.2 Å². The summed E-state index contributed by atoms with van der Waals surface area (Å²) in [6.45, 7) is 3.81. The predicted molar refractivity (Wildman–Crippen MR) is 84.8 cm³/mol. The molecule has 0 spiro atoms. The molecular formula is C17H21N3O. The third kappa shape index (κ3) is 2.46. The molecule has 3 rings (SSSR count). The Morgan fingerprint density at radius 3 is 2.38 bits per heavy atom. The van der Waals surface area contributed by atoms with Gasteiger partial charge in [0.15, 0.2) is 5.82 Å². The SMILES string of the molecule is CNc1nc(-c2cc(C)c(O)c(C)c2)nc2c1CCCC2. The number of anilines is 1. The summed E-state index contributed by atoms with van der Waals surface area (Å²) in [5, 5.41) is 13.1. The molecule has 0 amide bonds. The summed E-state index contributed by atoms with van der Waals surface area (Å²) in [6.07, 6.45) is 4.48. The lowest BCUT2D eigenvalue weighted by atomic mass is 9.96. The highest BCUT2D eigenvalue weighted by Crippen LogP contribution is 2.31. The van der Waals surface area contributed by atoms with Gasteiger partial charge in [-0.3, -0.25) is 0 Å². The summed E-state index contributed by atoms with van der Waals surface area (Å²) in [6, 6.07) is 3.90. The summed E-state index contributed by atoms with van der Waals surface area (Å²) < 4.78 is 0. The Morgan fingerprint density at radius 2 is 1.71 bits per heavy atom. The number of aryl methyl sites for hydroxylation is 3. The molecule has 0 aliphatic heterocycles. The van der Waals surface area contributed by atoms with Crippen LogP contribution in [0.4, 0.5) is 5.82 Å². The van der Waals surface area contributed by atoms with Gasteiger partial charge in [0.2, 0.25) is 0 Å². The normalized spacial score (nSPS) is 13.9. The van der Waals surface area contributed by atoms with Crippen LogP contribution in [-0.4, -0.2) is 22.1 Å². The Morgan fingerprint density at radius 1 is 1.05 bits per heavy atom. The number of rotatable bonds is 2. The number of fused-ring (bicyclic) bond motifs is 1. The van der Waals surface area contributed by atoms with Crippen molar-refractivity contribution in [3.05, 3.63) is 34.5 Å². The summed E-state index contributed by atoms with van der Waals surface area (Å²) in [7, 11) is 1.91. The topological polar surface area (TPSA) is 58.0 Å². The van der Waals surface area contributed by atoms with Crippen molar-refractivity contribution in [2.45, 2.75) is 39.5 Å². The fourth-order valence-electron chi connectivity index (χ4n) is 3.01. The summed E-state index contributed by atoms with van der Waals surface area (Å²) in [4.78, 5) is 9.45. The average molecular weight is 283 g/mol. The minimum Gasteiger partial charge on any atom is -0.507 e. The molecule has 2 N–H and O–H groups in total. The Kier molecular flexibility index (Phi) is 3.53. The second-order valence-corrected chi connectivity index (χ2v) is 5.74. The first-order valence-corrected chi connectivity index (χ1v) is 7.48. The second-order valence-electron chi connectivity index (χ2n) is 5.74.